The van der Waals surface area contributed by atoms with Gasteiger partial charge in [-0.3, -0.25) is 14.5 Å². The second-order valence-corrected chi connectivity index (χ2v) is 13.7. The van der Waals surface area contributed by atoms with Gasteiger partial charge in [0.2, 0.25) is 11.8 Å². The van der Waals surface area contributed by atoms with Crippen LogP contribution in [0.3, 0.4) is 0 Å². The number of aliphatic hydroxyl groups excluding tert-OH is 1. The van der Waals surface area contributed by atoms with Gasteiger partial charge in [0.25, 0.3) is 0 Å². The van der Waals surface area contributed by atoms with Crippen LogP contribution in [0.2, 0.25) is 0 Å². The molecule has 3 N–H and O–H groups in total. The van der Waals surface area contributed by atoms with Gasteiger partial charge in [0.05, 0.1) is 6.04 Å². The van der Waals surface area contributed by atoms with Crippen LogP contribution in [0.25, 0.3) is 0 Å². The van der Waals surface area contributed by atoms with E-state index in [1.807, 2.05) is 24.8 Å². The first-order valence-corrected chi connectivity index (χ1v) is 18.5. The summed E-state index contributed by atoms with van der Waals surface area (Å²) in [7, 11) is 0. The van der Waals surface area contributed by atoms with Crippen LogP contribution in [0.5, 0.6) is 0 Å². The molecule has 7 nitrogen and oxygen atoms in total. The van der Waals surface area contributed by atoms with Crippen molar-refractivity contribution in [2.45, 2.75) is 111 Å². The molecule has 7 heteroatoms. The summed E-state index contributed by atoms with van der Waals surface area (Å²) in [6.07, 6.45) is 16.9. The zero-order chi connectivity index (χ0) is 34.2. The lowest BCUT2D eigenvalue weighted by Gasteiger charge is -2.35. The molecule has 0 spiro atoms. The molecule has 1 aliphatic carbocycles. The molecule has 4 unspecified atom stereocenters. The van der Waals surface area contributed by atoms with Crippen molar-refractivity contribution in [2.24, 2.45) is 11.8 Å². The molecule has 1 aromatic carbocycles. The smallest absolute Gasteiger partial charge is 0.247 e. The number of hydrogen-bond donors (Lipinski definition) is 3. The van der Waals surface area contributed by atoms with E-state index in [9.17, 15) is 14.7 Å². The van der Waals surface area contributed by atoms with Crippen LogP contribution < -0.4 is 10.6 Å². The van der Waals surface area contributed by atoms with Crippen molar-refractivity contribution >= 4 is 11.8 Å². The Balaban J connectivity index is 1.64. The predicted octanol–water partition coefficient (Wildman–Crippen LogP) is 6.53. The number of likely N-dealkylation sites (N-methyl/N-ethyl adjacent to an activating group) is 1. The number of carbonyl (C=O) groups is 2. The zero-order valence-corrected chi connectivity index (χ0v) is 30.3. The lowest BCUT2D eigenvalue weighted by molar-refractivity contribution is -0.133. The van der Waals surface area contributed by atoms with Crippen molar-refractivity contribution in [2.75, 3.05) is 45.9 Å². The fourth-order valence-corrected chi connectivity index (χ4v) is 7.34. The van der Waals surface area contributed by atoms with Crippen LogP contribution in [0.1, 0.15) is 109 Å². The molecule has 262 valence electrons. The molecule has 0 saturated heterocycles. The highest BCUT2D eigenvalue weighted by Gasteiger charge is 2.27. The Bertz CT molecular complexity index is 1220. The van der Waals surface area contributed by atoms with Gasteiger partial charge in [0.15, 0.2) is 0 Å². The number of aryl methyl sites for hydroxylation is 2. The first-order chi connectivity index (χ1) is 22.7. The summed E-state index contributed by atoms with van der Waals surface area (Å²) in [5, 5.41) is 16.3. The van der Waals surface area contributed by atoms with Gasteiger partial charge in [0.1, 0.15) is 0 Å². The fourth-order valence-electron chi connectivity index (χ4n) is 7.34. The van der Waals surface area contributed by atoms with E-state index >= 15 is 0 Å². The average Bonchev–Trinajstić information content (AvgIpc) is 3.06. The van der Waals surface area contributed by atoms with Gasteiger partial charge in [-0.25, -0.2) is 0 Å². The van der Waals surface area contributed by atoms with Gasteiger partial charge in [-0.05, 0) is 87.4 Å². The molecule has 0 bridgehead atoms. The van der Waals surface area contributed by atoms with Crippen LogP contribution in [0.4, 0.5) is 0 Å². The molecule has 2 aliphatic rings. The monoisotopic (exact) mass is 648 g/mol. The largest absolute Gasteiger partial charge is 0.396 e. The summed E-state index contributed by atoms with van der Waals surface area (Å²) in [5.41, 5.74) is 5.73. The Morgan fingerprint density at radius 1 is 1.11 bits per heavy atom. The minimum Gasteiger partial charge on any atom is -0.396 e. The predicted molar refractivity (Wildman–Crippen MR) is 195 cm³/mol. The maximum Gasteiger partial charge on any atom is 0.247 e. The van der Waals surface area contributed by atoms with E-state index in [0.717, 1.165) is 87.7 Å². The number of hydrogen-bond acceptors (Lipinski definition) is 5. The number of rotatable bonds is 20. The normalized spacial score (nSPS) is 19.6. The lowest BCUT2D eigenvalue weighted by atomic mass is 9.91. The van der Waals surface area contributed by atoms with E-state index in [-0.39, 0.29) is 24.5 Å². The third kappa shape index (κ3) is 12.0. The van der Waals surface area contributed by atoms with Gasteiger partial charge >= 0.3 is 0 Å². The average molecular weight is 649 g/mol. The van der Waals surface area contributed by atoms with Crippen LogP contribution in [-0.4, -0.2) is 78.6 Å². The summed E-state index contributed by atoms with van der Waals surface area (Å²) < 4.78 is 0. The first kappa shape index (κ1) is 38.7. The molecule has 4 atom stereocenters. The molecule has 1 aromatic rings. The van der Waals surface area contributed by atoms with Crippen molar-refractivity contribution in [1.82, 2.24) is 20.4 Å². The van der Waals surface area contributed by atoms with Crippen molar-refractivity contribution in [3.8, 4) is 0 Å². The van der Waals surface area contributed by atoms with Crippen LogP contribution in [-0.2, 0) is 22.4 Å². The number of benzene rings is 1. The number of carbonyl (C=O) groups excluding carboxylic acids is 2. The molecule has 2 amide bonds. The second-order valence-electron chi connectivity index (χ2n) is 13.7. The molecule has 47 heavy (non-hydrogen) atoms. The van der Waals surface area contributed by atoms with Gasteiger partial charge in [-0.1, -0.05) is 88.6 Å². The highest BCUT2D eigenvalue weighted by atomic mass is 16.3. The number of nitrogens with zero attached hydrogens (tertiary/aromatic N) is 2. The first-order valence-electron chi connectivity index (χ1n) is 18.5. The number of nitrogens with one attached hydrogen (secondary N) is 2. The molecule has 0 saturated carbocycles. The van der Waals surface area contributed by atoms with Gasteiger partial charge in [0, 0.05) is 57.4 Å². The fraction of sp³-hybridized carbons (Fsp3) is 0.650. The number of aliphatic hydroxyl groups is 1. The van der Waals surface area contributed by atoms with E-state index in [2.05, 4.69) is 79.7 Å². The van der Waals surface area contributed by atoms with Crippen molar-refractivity contribution in [1.29, 1.82) is 0 Å². The molecule has 1 heterocycles. The third-order valence-corrected chi connectivity index (χ3v) is 10.00. The Kier molecular flexibility index (Phi) is 17.0. The van der Waals surface area contributed by atoms with E-state index in [4.69, 9.17) is 0 Å². The minimum absolute atomic E-state index is 0.0350. The molecular formula is C40H64N4O3. The van der Waals surface area contributed by atoms with Gasteiger partial charge < -0.3 is 20.6 Å². The molecule has 0 fully saturated rings. The van der Waals surface area contributed by atoms with Crippen molar-refractivity contribution < 1.29 is 14.7 Å². The summed E-state index contributed by atoms with van der Waals surface area (Å²) in [4.78, 5) is 31.6. The Morgan fingerprint density at radius 2 is 1.91 bits per heavy atom. The summed E-state index contributed by atoms with van der Waals surface area (Å²) in [6.45, 7) is 17.6. The molecule has 0 radical (unpaired) electrons. The van der Waals surface area contributed by atoms with Crippen LogP contribution >= 0.6 is 0 Å². The van der Waals surface area contributed by atoms with E-state index in [1.54, 1.807) is 0 Å². The van der Waals surface area contributed by atoms with Crippen molar-refractivity contribution in [3.05, 3.63) is 70.3 Å². The highest BCUT2D eigenvalue weighted by Crippen LogP contribution is 2.27. The maximum atomic E-state index is 13.8. The van der Waals surface area contributed by atoms with Crippen LogP contribution in [0.15, 0.2) is 53.6 Å². The zero-order valence-electron chi connectivity index (χ0n) is 30.3. The molecule has 0 aromatic heterocycles. The summed E-state index contributed by atoms with van der Waals surface area (Å²) in [6, 6.07) is 6.85. The highest BCUT2D eigenvalue weighted by molar-refractivity contribution is 5.94. The lowest BCUT2D eigenvalue weighted by Crippen LogP contribution is -2.43. The van der Waals surface area contributed by atoms with Gasteiger partial charge in [-0.15, -0.1) is 0 Å². The van der Waals surface area contributed by atoms with E-state index < -0.39 is 0 Å². The Morgan fingerprint density at radius 3 is 2.60 bits per heavy atom. The standard InChI is InChI=1S/C40H64N4O3/c1-7-13-34-27-35(16-15-33(34)9-3)38(28-42-40(47)36-25-30(5)24-31(6)26-36)44(10-4)39(46)18-21-41-20-17-32(8-2)29-43-22-12-11-14-37(43)19-23-45/h11-12,15-16,24-25,27,31-32,37-38,41,45H,7-10,13-14,17-23,26,28-29H2,1-6H3,(H,42,47). The second kappa shape index (κ2) is 20.6. The van der Waals surface area contributed by atoms with Gasteiger partial charge in [-0.2, -0.15) is 0 Å². The van der Waals surface area contributed by atoms with Crippen LogP contribution in [0, 0.1) is 11.8 Å². The van der Waals surface area contributed by atoms with E-state index in [0.29, 0.717) is 43.9 Å². The molecule has 1 aliphatic heterocycles. The van der Waals surface area contributed by atoms with Crippen molar-refractivity contribution in [3.63, 3.8) is 0 Å². The third-order valence-electron chi connectivity index (χ3n) is 10.00. The quantitative estimate of drug-likeness (QED) is 0.111. The Hall–Kier alpha value is -2.74. The number of amides is 2. The topological polar surface area (TPSA) is 84.9 Å². The SMILES string of the molecule is CCCc1cc(C(CNC(=O)C2=CC(C)=CC(C)C2)N(CC)C(=O)CCNCCC(CC)CN2CC=CCC2CCO)ccc1CC. The molecular weight excluding hydrogens is 584 g/mol. The molecule has 3 rings (SSSR count). The Labute approximate surface area is 285 Å². The minimum atomic E-state index is -0.230. The summed E-state index contributed by atoms with van der Waals surface area (Å²) >= 11 is 0. The summed E-state index contributed by atoms with van der Waals surface area (Å²) in [5.74, 6) is 0.996. The number of allylic oxidation sites excluding steroid dienone is 3. The maximum absolute atomic E-state index is 13.8. The van der Waals surface area contributed by atoms with E-state index in [1.165, 1.54) is 11.1 Å².